The Kier molecular flexibility index (Phi) is 5.94. The SMILES string of the molecule is O=C(CNCCOC1CCCC1)N1CCCCC1. The minimum absolute atomic E-state index is 0.246. The van der Waals surface area contributed by atoms with Gasteiger partial charge in [-0.3, -0.25) is 4.79 Å². The lowest BCUT2D eigenvalue weighted by atomic mass is 10.1. The fourth-order valence-corrected chi connectivity index (χ4v) is 2.80. The number of likely N-dealkylation sites (tertiary alicyclic amines) is 1. The highest BCUT2D eigenvalue weighted by molar-refractivity contribution is 5.78. The molecule has 0 aromatic rings. The lowest BCUT2D eigenvalue weighted by Gasteiger charge is -2.26. The average Bonchev–Trinajstić information content (AvgIpc) is 2.92. The van der Waals surface area contributed by atoms with E-state index in [1.54, 1.807) is 0 Å². The van der Waals surface area contributed by atoms with E-state index in [2.05, 4.69) is 5.32 Å². The molecule has 0 aromatic heterocycles. The molecule has 1 N–H and O–H groups in total. The van der Waals surface area contributed by atoms with Crippen LogP contribution in [-0.2, 0) is 9.53 Å². The van der Waals surface area contributed by atoms with Crippen LogP contribution >= 0.6 is 0 Å². The topological polar surface area (TPSA) is 41.6 Å². The molecule has 1 amide bonds. The normalized spacial score (nSPS) is 21.4. The molecule has 0 aromatic carbocycles. The van der Waals surface area contributed by atoms with Crippen molar-refractivity contribution in [3.05, 3.63) is 0 Å². The maximum Gasteiger partial charge on any atom is 0.236 e. The van der Waals surface area contributed by atoms with Gasteiger partial charge in [0.2, 0.25) is 5.91 Å². The number of piperidine rings is 1. The average molecular weight is 254 g/mol. The molecule has 1 aliphatic heterocycles. The highest BCUT2D eigenvalue weighted by Gasteiger charge is 2.16. The number of rotatable bonds is 6. The van der Waals surface area contributed by atoms with Gasteiger partial charge < -0.3 is 15.0 Å². The zero-order chi connectivity index (χ0) is 12.6. The van der Waals surface area contributed by atoms with Crippen molar-refractivity contribution in [2.24, 2.45) is 0 Å². The second-order valence-electron chi connectivity index (χ2n) is 5.40. The molecule has 4 heteroatoms. The summed E-state index contributed by atoms with van der Waals surface area (Å²) in [6.07, 6.45) is 9.13. The second-order valence-corrected chi connectivity index (χ2v) is 5.40. The van der Waals surface area contributed by atoms with Crippen molar-refractivity contribution in [3.8, 4) is 0 Å². The van der Waals surface area contributed by atoms with Crippen LogP contribution in [0.25, 0.3) is 0 Å². The Hall–Kier alpha value is -0.610. The van der Waals surface area contributed by atoms with Crippen molar-refractivity contribution in [2.45, 2.75) is 51.0 Å². The van der Waals surface area contributed by atoms with Gasteiger partial charge in [0.05, 0.1) is 19.3 Å². The second kappa shape index (κ2) is 7.74. The Labute approximate surface area is 110 Å². The van der Waals surface area contributed by atoms with Crippen molar-refractivity contribution in [3.63, 3.8) is 0 Å². The fraction of sp³-hybridized carbons (Fsp3) is 0.929. The number of nitrogens with zero attached hydrogens (tertiary/aromatic N) is 1. The summed E-state index contributed by atoms with van der Waals surface area (Å²) in [5, 5.41) is 3.19. The monoisotopic (exact) mass is 254 g/mol. The predicted octanol–water partition coefficient (Wildman–Crippen LogP) is 1.55. The summed E-state index contributed by atoms with van der Waals surface area (Å²) >= 11 is 0. The maximum atomic E-state index is 11.8. The van der Waals surface area contributed by atoms with E-state index < -0.39 is 0 Å². The lowest BCUT2D eigenvalue weighted by molar-refractivity contribution is -0.131. The van der Waals surface area contributed by atoms with Crippen LogP contribution in [0.5, 0.6) is 0 Å². The first-order valence-electron chi connectivity index (χ1n) is 7.46. The molecule has 0 spiro atoms. The van der Waals surface area contributed by atoms with Gasteiger partial charge in [-0.25, -0.2) is 0 Å². The van der Waals surface area contributed by atoms with E-state index in [1.807, 2.05) is 4.90 Å². The number of nitrogens with one attached hydrogen (secondary N) is 1. The molecule has 2 rings (SSSR count). The van der Waals surface area contributed by atoms with Gasteiger partial charge in [-0.2, -0.15) is 0 Å². The van der Waals surface area contributed by atoms with E-state index in [9.17, 15) is 4.79 Å². The lowest BCUT2D eigenvalue weighted by Crippen LogP contribution is -2.41. The standard InChI is InChI=1S/C14H26N2O2/c17-14(16-9-4-1-5-10-16)12-15-8-11-18-13-6-2-3-7-13/h13,15H,1-12H2. The van der Waals surface area contributed by atoms with Gasteiger partial charge in [0, 0.05) is 19.6 Å². The molecule has 2 aliphatic rings. The van der Waals surface area contributed by atoms with Crippen LogP contribution < -0.4 is 5.32 Å². The van der Waals surface area contributed by atoms with Crippen LogP contribution in [-0.4, -0.2) is 49.7 Å². The van der Waals surface area contributed by atoms with Crippen LogP contribution in [0.3, 0.4) is 0 Å². The van der Waals surface area contributed by atoms with Crippen LogP contribution in [0.15, 0.2) is 0 Å². The van der Waals surface area contributed by atoms with Gasteiger partial charge in [0.1, 0.15) is 0 Å². The summed E-state index contributed by atoms with van der Waals surface area (Å²) in [6.45, 7) is 3.88. The fourth-order valence-electron chi connectivity index (χ4n) is 2.80. The minimum atomic E-state index is 0.246. The van der Waals surface area contributed by atoms with Gasteiger partial charge in [-0.05, 0) is 32.1 Å². The molecule has 104 valence electrons. The minimum Gasteiger partial charge on any atom is -0.377 e. The molecule has 1 saturated heterocycles. The molecule has 0 atom stereocenters. The Balaban J connectivity index is 1.48. The number of carbonyl (C=O) groups is 1. The quantitative estimate of drug-likeness (QED) is 0.731. The molecule has 2 fully saturated rings. The van der Waals surface area contributed by atoms with E-state index in [0.717, 1.165) is 39.1 Å². The summed E-state index contributed by atoms with van der Waals surface area (Å²) in [5.41, 5.74) is 0. The molecule has 1 heterocycles. The zero-order valence-corrected chi connectivity index (χ0v) is 11.3. The number of amides is 1. The smallest absolute Gasteiger partial charge is 0.236 e. The number of hydrogen-bond acceptors (Lipinski definition) is 3. The molecule has 1 saturated carbocycles. The Bertz CT molecular complexity index is 246. The van der Waals surface area contributed by atoms with Crippen molar-refractivity contribution in [1.82, 2.24) is 10.2 Å². The third-order valence-corrected chi connectivity index (χ3v) is 3.92. The van der Waals surface area contributed by atoms with Crippen molar-refractivity contribution in [2.75, 3.05) is 32.8 Å². The third-order valence-electron chi connectivity index (χ3n) is 3.92. The van der Waals surface area contributed by atoms with Crippen molar-refractivity contribution in [1.29, 1.82) is 0 Å². The number of carbonyl (C=O) groups excluding carboxylic acids is 1. The molecule has 1 aliphatic carbocycles. The summed E-state index contributed by atoms with van der Waals surface area (Å²) in [6, 6.07) is 0. The van der Waals surface area contributed by atoms with Crippen molar-refractivity contribution >= 4 is 5.91 Å². The van der Waals surface area contributed by atoms with E-state index >= 15 is 0 Å². The number of ether oxygens (including phenoxy) is 1. The van der Waals surface area contributed by atoms with Crippen molar-refractivity contribution < 1.29 is 9.53 Å². The summed E-state index contributed by atoms with van der Waals surface area (Å²) in [5.74, 6) is 0.246. The molecule has 0 bridgehead atoms. The molecule has 4 nitrogen and oxygen atoms in total. The Morgan fingerprint density at radius 1 is 1.11 bits per heavy atom. The summed E-state index contributed by atoms with van der Waals surface area (Å²) in [7, 11) is 0. The van der Waals surface area contributed by atoms with E-state index in [-0.39, 0.29) is 5.91 Å². The van der Waals surface area contributed by atoms with Gasteiger partial charge in [-0.15, -0.1) is 0 Å². The van der Waals surface area contributed by atoms with E-state index in [1.165, 1.54) is 32.1 Å². The molecule has 18 heavy (non-hydrogen) atoms. The molecular weight excluding hydrogens is 228 g/mol. The van der Waals surface area contributed by atoms with E-state index in [4.69, 9.17) is 4.74 Å². The largest absolute Gasteiger partial charge is 0.377 e. The Morgan fingerprint density at radius 3 is 2.56 bits per heavy atom. The van der Waals surface area contributed by atoms with Gasteiger partial charge >= 0.3 is 0 Å². The third kappa shape index (κ3) is 4.58. The zero-order valence-electron chi connectivity index (χ0n) is 11.3. The predicted molar refractivity (Wildman–Crippen MR) is 71.5 cm³/mol. The molecular formula is C14H26N2O2. The van der Waals surface area contributed by atoms with Crippen LogP contribution in [0.1, 0.15) is 44.9 Å². The first kappa shape index (κ1) is 13.8. The molecule has 0 unspecified atom stereocenters. The van der Waals surface area contributed by atoms with E-state index in [0.29, 0.717) is 12.6 Å². The van der Waals surface area contributed by atoms with Crippen LogP contribution in [0.4, 0.5) is 0 Å². The van der Waals surface area contributed by atoms with Gasteiger partial charge in [-0.1, -0.05) is 12.8 Å². The Morgan fingerprint density at radius 2 is 1.83 bits per heavy atom. The van der Waals surface area contributed by atoms with Crippen LogP contribution in [0, 0.1) is 0 Å². The number of hydrogen-bond donors (Lipinski definition) is 1. The summed E-state index contributed by atoms with van der Waals surface area (Å²) < 4.78 is 5.74. The highest BCUT2D eigenvalue weighted by Crippen LogP contribution is 2.20. The summed E-state index contributed by atoms with van der Waals surface area (Å²) in [4.78, 5) is 13.8. The maximum absolute atomic E-state index is 11.8. The molecule has 0 radical (unpaired) electrons. The van der Waals surface area contributed by atoms with Crippen LogP contribution in [0.2, 0.25) is 0 Å². The van der Waals surface area contributed by atoms with Gasteiger partial charge in [0.15, 0.2) is 0 Å². The first-order valence-corrected chi connectivity index (χ1v) is 7.46. The highest BCUT2D eigenvalue weighted by atomic mass is 16.5. The first-order chi connectivity index (χ1) is 8.86. The van der Waals surface area contributed by atoms with Gasteiger partial charge in [0.25, 0.3) is 0 Å².